The van der Waals surface area contributed by atoms with Crippen molar-refractivity contribution in [3.8, 4) is 0 Å². The molecule has 9 heteroatoms. The van der Waals surface area contributed by atoms with Crippen LogP contribution in [0.3, 0.4) is 0 Å². The lowest BCUT2D eigenvalue weighted by Gasteiger charge is -2.26. The third kappa shape index (κ3) is 5.02. The fourth-order valence-electron chi connectivity index (χ4n) is 3.60. The molecule has 2 unspecified atom stereocenters. The Bertz CT molecular complexity index is 950. The molecule has 0 amide bonds. The number of aromatic nitrogens is 2. The number of hydrogen-bond acceptors (Lipinski definition) is 8. The van der Waals surface area contributed by atoms with Gasteiger partial charge in [0.2, 0.25) is 0 Å². The van der Waals surface area contributed by atoms with Crippen LogP contribution in [0.2, 0.25) is 0 Å². The van der Waals surface area contributed by atoms with E-state index >= 15 is 0 Å². The van der Waals surface area contributed by atoms with E-state index in [1.54, 1.807) is 6.92 Å². The van der Waals surface area contributed by atoms with E-state index in [-0.39, 0.29) is 24.8 Å². The molecule has 0 bridgehead atoms. The van der Waals surface area contributed by atoms with E-state index in [1.807, 2.05) is 0 Å². The van der Waals surface area contributed by atoms with Gasteiger partial charge in [0.1, 0.15) is 29.0 Å². The molecule has 0 aliphatic heterocycles. The van der Waals surface area contributed by atoms with E-state index < -0.39 is 11.9 Å². The highest BCUT2D eigenvalue weighted by atomic mass is 32.1. The lowest BCUT2D eigenvalue weighted by atomic mass is 9.89. The van der Waals surface area contributed by atoms with Crippen LogP contribution in [0, 0.1) is 12.8 Å². The predicted octanol–water partition coefficient (Wildman–Crippen LogP) is 2.69. The van der Waals surface area contributed by atoms with Gasteiger partial charge in [0.25, 0.3) is 5.56 Å². The Morgan fingerprint density at radius 1 is 1.31 bits per heavy atom. The molecule has 1 aliphatic rings. The molecule has 2 aromatic heterocycles. The largest absolute Gasteiger partial charge is 0.461 e. The molecule has 0 spiro atoms. The second kappa shape index (κ2) is 9.49. The number of carbonyl (C=O) groups is 2. The van der Waals surface area contributed by atoms with Crippen molar-refractivity contribution >= 4 is 33.5 Å². The maximum Gasteiger partial charge on any atom is 0.348 e. The predicted molar refractivity (Wildman–Crippen MR) is 108 cm³/mol. The van der Waals surface area contributed by atoms with E-state index in [9.17, 15) is 14.4 Å². The standard InChI is InChI=1S/C20H26N2O6S/c1-12-5-4-6-14(9-12)28-15(23)10-22-11-21-18-16(19(22)24)13(2)17(29-18)20(25)27-8-7-26-3/h11-12,14H,4-10H2,1-3H3. The summed E-state index contributed by atoms with van der Waals surface area (Å²) in [6.45, 7) is 4.06. The van der Waals surface area contributed by atoms with Gasteiger partial charge in [0.05, 0.1) is 18.3 Å². The van der Waals surface area contributed by atoms with Crippen LogP contribution in [-0.2, 0) is 25.5 Å². The summed E-state index contributed by atoms with van der Waals surface area (Å²) in [5.41, 5.74) is 0.141. The molecule has 0 radical (unpaired) electrons. The molecule has 0 saturated heterocycles. The van der Waals surface area contributed by atoms with Crippen molar-refractivity contribution in [2.45, 2.75) is 52.2 Å². The first kappa shape index (κ1) is 21.4. The van der Waals surface area contributed by atoms with Gasteiger partial charge in [-0.1, -0.05) is 13.3 Å². The molecule has 1 saturated carbocycles. The quantitative estimate of drug-likeness (QED) is 0.500. The minimum atomic E-state index is -0.515. The van der Waals surface area contributed by atoms with Crippen LogP contribution in [0.1, 0.15) is 47.8 Å². The molecule has 3 rings (SSSR count). The topological polar surface area (TPSA) is 96.7 Å². The summed E-state index contributed by atoms with van der Waals surface area (Å²) in [5.74, 6) is -0.420. The summed E-state index contributed by atoms with van der Waals surface area (Å²) in [5, 5.41) is 0.329. The smallest absolute Gasteiger partial charge is 0.348 e. The van der Waals surface area contributed by atoms with Gasteiger partial charge in [0, 0.05) is 7.11 Å². The fourth-order valence-corrected chi connectivity index (χ4v) is 4.63. The van der Waals surface area contributed by atoms with Gasteiger partial charge < -0.3 is 14.2 Å². The van der Waals surface area contributed by atoms with E-state index in [2.05, 4.69) is 11.9 Å². The first-order chi connectivity index (χ1) is 13.9. The molecule has 0 aromatic carbocycles. The first-order valence-electron chi connectivity index (χ1n) is 9.74. The summed E-state index contributed by atoms with van der Waals surface area (Å²) >= 11 is 1.10. The molecule has 2 aromatic rings. The number of esters is 2. The average molecular weight is 423 g/mol. The van der Waals surface area contributed by atoms with Crippen LogP contribution < -0.4 is 5.56 Å². The lowest BCUT2D eigenvalue weighted by Crippen LogP contribution is -2.30. The monoisotopic (exact) mass is 422 g/mol. The molecule has 29 heavy (non-hydrogen) atoms. The van der Waals surface area contributed by atoms with Gasteiger partial charge in [-0.05, 0) is 37.7 Å². The zero-order valence-electron chi connectivity index (χ0n) is 16.9. The number of ether oxygens (including phenoxy) is 3. The second-order valence-corrected chi connectivity index (χ2v) is 8.43. The molecule has 158 valence electrons. The molecule has 2 heterocycles. The Labute approximate surface area is 172 Å². The number of fused-ring (bicyclic) bond motifs is 1. The number of thiophene rings is 1. The average Bonchev–Trinajstić information content (AvgIpc) is 3.01. The van der Waals surface area contributed by atoms with Gasteiger partial charge in [0.15, 0.2) is 0 Å². The second-order valence-electron chi connectivity index (χ2n) is 7.43. The van der Waals surface area contributed by atoms with Crippen molar-refractivity contribution in [3.63, 3.8) is 0 Å². The van der Waals surface area contributed by atoms with Crippen LogP contribution in [0.5, 0.6) is 0 Å². The van der Waals surface area contributed by atoms with E-state index in [0.717, 1.165) is 37.0 Å². The molecule has 0 N–H and O–H groups in total. The highest BCUT2D eigenvalue weighted by Gasteiger charge is 2.24. The number of nitrogens with zero attached hydrogens (tertiary/aromatic N) is 2. The van der Waals surface area contributed by atoms with Crippen molar-refractivity contribution in [1.82, 2.24) is 9.55 Å². The number of aryl methyl sites for hydroxylation is 1. The summed E-state index contributed by atoms with van der Waals surface area (Å²) in [6, 6.07) is 0. The van der Waals surface area contributed by atoms with Crippen LogP contribution in [0.25, 0.3) is 10.2 Å². The zero-order valence-corrected chi connectivity index (χ0v) is 17.8. The van der Waals surface area contributed by atoms with Crippen LogP contribution >= 0.6 is 11.3 Å². The fraction of sp³-hybridized carbons (Fsp3) is 0.600. The summed E-state index contributed by atoms with van der Waals surface area (Å²) in [4.78, 5) is 42.5. The maximum absolute atomic E-state index is 12.9. The Balaban J connectivity index is 1.75. The first-order valence-corrected chi connectivity index (χ1v) is 10.6. The number of methoxy groups -OCH3 is 1. The summed E-state index contributed by atoms with van der Waals surface area (Å²) in [7, 11) is 1.52. The molecule has 1 aliphatic carbocycles. The highest BCUT2D eigenvalue weighted by molar-refractivity contribution is 7.20. The number of carbonyl (C=O) groups excluding carboxylic acids is 2. The molecular weight excluding hydrogens is 396 g/mol. The summed E-state index contributed by atoms with van der Waals surface area (Å²) < 4.78 is 16.8. The molecule has 8 nitrogen and oxygen atoms in total. The normalized spacial score (nSPS) is 19.3. The Morgan fingerprint density at radius 2 is 2.10 bits per heavy atom. The van der Waals surface area contributed by atoms with Gasteiger partial charge in [-0.2, -0.15) is 0 Å². The molecule has 1 fully saturated rings. The lowest BCUT2D eigenvalue weighted by molar-refractivity contribution is -0.152. The Morgan fingerprint density at radius 3 is 2.83 bits per heavy atom. The number of rotatable bonds is 7. The van der Waals surface area contributed by atoms with Gasteiger partial charge in [-0.25, -0.2) is 9.78 Å². The summed E-state index contributed by atoms with van der Waals surface area (Å²) in [6.07, 6.45) is 5.16. The maximum atomic E-state index is 12.9. The van der Waals surface area contributed by atoms with Gasteiger partial charge in [-0.15, -0.1) is 11.3 Å². The third-order valence-corrected chi connectivity index (χ3v) is 6.29. The number of hydrogen-bond donors (Lipinski definition) is 0. The Hall–Kier alpha value is -2.26. The minimum Gasteiger partial charge on any atom is -0.461 e. The molecule has 2 atom stereocenters. The minimum absolute atomic E-state index is 0.0880. The van der Waals surface area contributed by atoms with Crippen LogP contribution in [-0.4, -0.2) is 47.9 Å². The van der Waals surface area contributed by atoms with Gasteiger partial charge >= 0.3 is 11.9 Å². The third-order valence-electron chi connectivity index (χ3n) is 5.11. The van der Waals surface area contributed by atoms with Crippen LogP contribution in [0.4, 0.5) is 0 Å². The SMILES string of the molecule is COCCOC(=O)c1sc2ncn(CC(=O)OC3CCCC(C)C3)c(=O)c2c1C. The van der Waals surface area contributed by atoms with Crippen molar-refractivity contribution in [2.24, 2.45) is 5.92 Å². The van der Waals surface area contributed by atoms with E-state index in [4.69, 9.17) is 14.2 Å². The van der Waals surface area contributed by atoms with Crippen molar-refractivity contribution in [3.05, 3.63) is 27.1 Å². The van der Waals surface area contributed by atoms with Crippen LogP contribution in [0.15, 0.2) is 11.1 Å². The van der Waals surface area contributed by atoms with E-state index in [0.29, 0.717) is 33.2 Å². The molecular formula is C20H26N2O6S. The Kier molecular flexibility index (Phi) is 7.02. The zero-order chi connectivity index (χ0) is 21.0. The van der Waals surface area contributed by atoms with E-state index in [1.165, 1.54) is 18.0 Å². The van der Waals surface area contributed by atoms with Crippen molar-refractivity contribution in [1.29, 1.82) is 0 Å². The van der Waals surface area contributed by atoms with Crippen molar-refractivity contribution < 1.29 is 23.8 Å². The van der Waals surface area contributed by atoms with Crippen molar-refractivity contribution in [2.75, 3.05) is 20.3 Å². The van der Waals surface area contributed by atoms with Gasteiger partial charge in [-0.3, -0.25) is 14.2 Å². The highest BCUT2D eigenvalue weighted by Crippen LogP contribution is 2.28.